The molecule has 4 aromatic heterocycles. The Morgan fingerprint density at radius 2 is 2.03 bits per heavy atom. The first-order valence-corrected chi connectivity index (χ1v) is 11.7. The second-order valence-corrected chi connectivity index (χ2v) is 9.40. The molecule has 158 valence electrons. The minimum Gasteiger partial charge on any atom is -0.384 e. The molecule has 7 nitrogen and oxygen atoms in total. The zero-order chi connectivity index (χ0) is 20.8. The first kappa shape index (κ1) is 18.9. The number of nitrogens with two attached hydrogens (primary N) is 1. The number of pyridine rings is 1. The molecule has 6 heterocycles. The Labute approximate surface area is 184 Å². The van der Waals surface area contributed by atoms with Crippen LogP contribution in [0.5, 0.6) is 0 Å². The van der Waals surface area contributed by atoms with Crippen LogP contribution in [0.15, 0.2) is 48.1 Å². The van der Waals surface area contributed by atoms with Crippen LogP contribution >= 0.6 is 11.3 Å². The summed E-state index contributed by atoms with van der Waals surface area (Å²) < 4.78 is 1.80. The molecule has 0 aromatic carbocycles. The Morgan fingerprint density at radius 3 is 2.94 bits per heavy atom. The molecular weight excluding hydrogens is 406 g/mol. The van der Waals surface area contributed by atoms with Crippen LogP contribution in [-0.4, -0.2) is 49.7 Å². The lowest BCUT2D eigenvalue weighted by Crippen LogP contribution is -2.37. The van der Waals surface area contributed by atoms with Crippen LogP contribution in [0.4, 0.5) is 5.82 Å². The van der Waals surface area contributed by atoms with Crippen LogP contribution in [0.1, 0.15) is 24.8 Å². The van der Waals surface area contributed by atoms with E-state index < -0.39 is 0 Å². The predicted molar refractivity (Wildman–Crippen MR) is 124 cm³/mol. The number of hydrogen-bond acceptors (Lipinski definition) is 7. The van der Waals surface area contributed by atoms with Gasteiger partial charge in [-0.15, -0.1) is 11.3 Å². The van der Waals surface area contributed by atoms with Gasteiger partial charge in [0, 0.05) is 31.4 Å². The van der Waals surface area contributed by atoms with E-state index in [1.165, 1.54) is 24.8 Å². The van der Waals surface area contributed by atoms with Crippen molar-refractivity contribution in [2.45, 2.75) is 37.9 Å². The fourth-order valence-electron chi connectivity index (χ4n) is 5.00. The standard InChI is InChI=1S/C23H25N7S/c24-22-11-15(14-29-16-3-4-17(29)12-25-7-5-16)10-20(27-22)18-13-26-30-8-6-19(28-23(18)30)21-2-1-9-31-21/h1-2,6,8-11,13,16-17,25H,3-5,7,12,14H2,(H2,24,27). The van der Waals surface area contributed by atoms with Crippen molar-refractivity contribution < 1.29 is 0 Å². The summed E-state index contributed by atoms with van der Waals surface area (Å²) in [6.45, 7) is 3.10. The van der Waals surface area contributed by atoms with Gasteiger partial charge >= 0.3 is 0 Å². The quantitative estimate of drug-likeness (QED) is 0.515. The summed E-state index contributed by atoms with van der Waals surface area (Å²) >= 11 is 1.68. The lowest BCUT2D eigenvalue weighted by atomic mass is 10.1. The van der Waals surface area contributed by atoms with Crippen molar-refractivity contribution in [1.82, 2.24) is 29.8 Å². The van der Waals surface area contributed by atoms with Gasteiger partial charge < -0.3 is 11.1 Å². The molecule has 2 fully saturated rings. The summed E-state index contributed by atoms with van der Waals surface area (Å²) in [5.41, 5.74) is 10.9. The van der Waals surface area contributed by atoms with Crippen LogP contribution < -0.4 is 11.1 Å². The second kappa shape index (κ2) is 7.71. The lowest BCUT2D eigenvalue weighted by Gasteiger charge is -2.27. The Balaban J connectivity index is 1.37. The van der Waals surface area contributed by atoms with E-state index >= 15 is 0 Å². The summed E-state index contributed by atoms with van der Waals surface area (Å²) in [6, 6.07) is 11.6. The van der Waals surface area contributed by atoms with Crippen molar-refractivity contribution in [2.75, 3.05) is 18.8 Å². The predicted octanol–water partition coefficient (Wildman–Crippen LogP) is 3.43. The van der Waals surface area contributed by atoms with Crippen molar-refractivity contribution in [3.63, 3.8) is 0 Å². The zero-order valence-corrected chi connectivity index (χ0v) is 18.1. The number of nitrogens with one attached hydrogen (secondary N) is 1. The topological polar surface area (TPSA) is 84.4 Å². The molecule has 0 aliphatic carbocycles. The van der Waals surface area contributed by atoms with E-state index in [1.807, 2.05) is 30.6 Å². The lowest BCUT2D eigenvalue weighted by molar-refractivity contribution is 0.193. The van der Waals surface area contributed by atoms with Gasteiger partial charge in [0.25, 0.3) is 0 Å². The maximum absolute atomic E-state index is 6.25. The summed E-state index contributed by atoms with van der Waals surface area (Å²) in [4.78, 5) is 13.3. The van der Waals surface area contributed by atoms with Gasteiger partial charge in [-0.1, -0.05) is 6.07 Å². The van der Waals surface area contributed by atoms with E-state index in [-0.39, 0.29) is 0 Å². The van der Waals surface area contributed by atoms with Gasteiger partial charge in [-0.25, -0.2) is 14.5 Å². The van der Waals surface area contributed by atoms with Gasteiger partial charge in [0.05, 0.1) is 28.0 Å². The molecule has 2 unspecified atom stereocenters. The normalized spacial score (nSPS) is 21.5. The monoisotopic (exact) mass is 431 g/mol. The first-order chi connectivity index (χ1) is 15.2. The summed E-state index contributed by atoms with van der Waals surface area (Å²) in [5, 5.41) is 10.1. The highest BCUT2D eigenvalue weighted by Crippen LogP contribution is 2.32. The average Bonchev–Trinajstić information content (AvgIpc) is 3.47. The zero-order valence-electron chi connectivity index (χ0n) is 17.2. The number of anilines is 1. The molecule has 4 aromatic rings. The molecule has 2 aliphatic heterocycles. The molecule has 8 heteroatoms. The smallest absolute Gasteiger partial charge is 0.165 e. The number of hydrogen-bond donors (Lipinski definition) is 2. The molecule has 0 spiro atoms. The molecule has 2 saturated heterocycles. The Kier molecular flexibility index (Phi) is 4.70. The SMILES string of the molecule is Nc1cc(CN2C3CCNCC2CC3)cc(-c2cnn3ccc(-c4cccs4)nc23)n1. The fraction of sp³-hybridized carbons (Fsp3) is 0.348. The first-order valence-electron chi connectivity index (χ1n) is 10.9. The van der Waals surface area contributed by atoms with Crippen LogP contribution in [0.3, 0.4) is 0 Å². The van der Waals surface area contributed by atoms with Crippen LogP contribution in [0.25, 0.3) is 27.5 Å². The average molecular weight is 432 g/mol. The number of fused-ring (bicyclic) bond motifs is 3. The molecule has 0 amide bonds. The van der Waals surface area contributed by atoms with Gasteiger partial charge in [-0.2, -0.15) is 5.10 Å². The van der Waals surface area contributed by atoms with E-state index in [9.17, 15) is 0 Å². The van der Waals surface area contributed by atoms with Crippen LogP contribution in [-0.2, 0) is 6.54 Å². The Morgan fingerprint density at radius 1 is 1.10 bits per heavy atom. The summed E-state index contributed by atoms with van der Waals surface area (Å²) in [7, 11) is 0. The van der Waals surface area contributed by atoms with E-state index in [0.29, 0.717) is 17.9 Å². The fourth-order valence-corrected chi connectivity index (χ4v) is 5.70. The molecule has 3 N–H and O–H groups in total. The third kappa shape index (κ3) is 3.50. The maximum atomic E-state index is 6.25. The minimum atomic E-state index is 0.543. The highest BCUT2D eigenvalue weighted by Gasteiger charge is 2.34. The third-order valence-electron chi connectivity index (χ3n) is 6.49. The van der Waals surface area contributed by atoms with Gasteiger partial charge in [-0.3, -0.25) is 4.90 Å². The van der Waals surface area contributed by atoms with Crippen molar-refractivity contribution >= 4 is 22.8 Å². The van der Waals surface area contributed by atoms with Crippen molar-refractivity contribution in [3.8, 4) is 21.8 Å². The van der Waals surface area contributed by atoms with E-state index in [2.05, 4.69) is 37.8 Å². The molecule has 0 saturated carbocycles. The molecule has 2 aliphatic rings. The number of thiophene rings is 1. The Hall–Kier alpha value is -2.81. The van der Waals surface area contributed by atoms with Gasteiger partial charge in [0.2, 0.25) is 0 Å². The molecule has 2 atom stereocenters. The van der Waals surface area contributed by atoms with Crippen LogP contribution in [0.2, 0.25) is 0 Å². The number of rotatable bonds is 4. The van der Waals surface area contributed by atoms with E-state index in [0.717, 1.165) is 47.1 Å². The van der Waals surface area contributed by atoms with E-state index in [4.69, 9.17) is 10.7 Å². The van der Waals surface area contributed by atoms with Crippen molar-refractivity contribution in [3.05, 3.63) is 53.7 Å². The third-order valence-corrected chi connectivity index (χ3v) is 7.39. The van der Waals surface area contributed by atoms with Crippen molar-refractivity contribution in [2.24, 2.45) is 0 Å². The maximum Gasteiger partial charge on any atom is 0.165 e. The minimum absolute atomic E-state index is 0.543. The highest BCUT2D eigenvalue weighted by atomic mass is 32.1. The number of nitrogen functional groups attached to an aromatic ring is 1. The van der Waals surface area contributed by atoms with E-state index in [1.54, 1.807) is 15.9 Å². The summed E-state index contributed by atoms with van der Waals surface area (Å²) in [6.07, 6.45) is 7.58. The molecule has 0 radical (unpaired) electrons. The van der Waals surface area contributed by atoms with Gasteiger partial charge in [-0.05, 0) is 61.0 Å². The molecular formula is C23H25N7S. The highest BCUT2D eigenvalue weighted by molar-refractivity contribution is 7.13. The van der Waals surface area contributed by atoms with Gasteiger partial charge in [0.15, 0.2) is 5.65 Å². The molecule has 6 rings (SSSR count). The second-order valence-electron chi connectivity index (χ2n) is 8.45. The largest absolute Gasteiger partial charge is 0.384 e. The van der Waals surface area contributed by atoms with Crippen LogP contribution in [0, 0.1) is 0 Å². The Bertz CT molecular complexity index is 1200. The number of aromatic nitrogens is 4. The summed E-state index contributed by atoms with van der Waals surface area (Å²) in [5.74, 6) is 0.543. The molecule has 31 heavy (non-hydrogen) atoms. The number of nitrogens with zero attached hydrogens (tertiary/aromatic N) is 5. The molecule has 2 bridgehead atoms. The van der Waals surface area contributed by atoms with Crippen molar-refractivity contribution in [1.29, 1.82) is 0 Å². The van der Waals surface area contributed by atoms with Gasteiger partial charge in [0.1, 0.15) is 5.82 Å².